The molecule has 1 aliphatic rings. The zero-order valence-electron chi connectivity index (χ0n) is 24.7. The molecule has 0 N–H and O–H groups in total. The first-order chi connectivity index (χ1) is 18.4. The number of anilines is 2. The first-order valence-electron chi connectivity index (χ1n) is 14.1. The van der Waals surface area contributed by atoms with Gasteiger partial charge < -0.3 is 0 Å². The maximum atomic E-state index is 7.65. The van der Waals surface area contributed by atoms with Gasteiger partial charge in [-0.05, 0) is 0 Å². The summed E-state index contributed by atoms with van der Waals surface area (Å²) in [4.78, 5) is 5.00. The van der Waals surface area contributed by atoms with Crippen molar-refractivity contribution in [2.24, 2.45) is 0 Å². The van der Waals surface area contributed by atoms with Crippen LogP contribution in [0.2, 0.25) is 0 Å². The van der Waals surface area contributed by atoms with Crippen LogP contribution >= 0.6 is 19.4 Å². The van der Waals surface area contributed by atoms with Gasteiger partial charge in [0.15, 0.2) is 0 Å². The van der Waals surface area contributed by atoms with Gasteiger partial charge in [0.05, 0.1) is 0 Å². The molecule has 212 valence electrons. The van der Waals surface area contributed by atoms with Gasteiger partial charge in [-0.15, -0.1) is 0 Å². The van der Waals surface area contributed by atoms with Gasteiger partial charge in [0.25, 0.3) is 0 Å². The molecular formula is C34H44Cl2N2Ru. The van der Waals surface area contributed by atoms with Gasteiger partial charge in [-0.25, -0.2) is 0 Å². The van der Waals surface area contributed by atoms with Crippen LogP contribution in [0.1, 0.15) is 107 Å². The molecule has 0 amide bonds. The average Bonchev–Trinajstić information content (AvgIpc) is 3.33. The van der Waals surface area contributed by atoms with E-state index in [0.717, 1.165) is 23.0 Å². The number of halogens is 2. The molecule has 1 aliphatic heterocycles. The molecule has 39 heavy (non-hydrogen) atoms. The van der Waals surface area contributed by atoms with Crippen molar-refractivity contribution in [2.45, 2.75) is 79.1 Å². The van der Waals surface area contributed by atoms with E-state index in [9.17, 15) is 0 Å². The predicted octanol–water partition coefficient (Wildman–Crippen LogP) is 9.91. The van der Waals surface area contributed by atoms with Crippen molar-refractivity contribution in [3.63, 3.8) is 0 Å². The van der Waals surface area contributed by atoms with Crippen molar-refractivity contribution in [1.82, 2.24) is 0 Å². The second-order valence-electron chi connectivity index (χ2n) is 11.7. The van der Waals surface area contributed by atoms with Gasteiger partial charge in [-0.3, -0.25) is 0 Å². The molecule has 3 aromatic rings. The summed E-state index contributed by atoms with van der Waals surface area (Å²) in [6.45, 7) is 20.0. The van der Waals surface area contributed by atoms with E-state index in [2.05, 4.69) is 130 Å². The number of nitrogens with zero attached hydrogens (tertiary/aromatic N) is 2. The van der Waals surface area contributed by atoms with E-state index in [0.29, 0.717) is 23.7 Å². The van der Waals surface area contributed by atoms with Crippen molar-refractivity contribution in [3.8, 4) is 0 Å². The Hall–Kier alpha value is -1.80. The average molecular weight is 653 g/mol. The maximum absolute atomic E-state index is 7.65. The normalized spacial score (nSPS) is 14.9. The number of hydrogen-bond donors (Lipinski definition) is 0. The Morgan fingerprint density at radius 3 is 1.26 bits per heavy atom. The minimum absolute atomic E-state index is 0.381. The summed E-state index contributed by atoms with van der Waals surface area (Å²) < 4.78 is 3.25. The van der Waals surface area contributed by atoms with E-state index in [1.54, 1.807) is 0 Å². The third-order valence-corrected chi connectivity index (χ3v) is 13.0. The van der Waals surface area contributed by atoms with E-state index < -0.39 is 11.9 Å². The Bertz CT molecular complexity index is 1300. The zero-order valence-corrected chi connectivity index (χ0v) is 27.9. The Morgan fingerprint density at radius 1 is 0.564 bits per heavy atom. The SMILES string of the molecule is CC(C)c1cccc(C(C)C)c1N1CCN(c2c(C(C)C)cccc2C(C)C)[C]1=[Ru]([Cl])([Cl])=[CH]c1ccccc1. The standard InChI is InChI=1S/C27H38N2.C7H6.2ClH.Ru/c1-18(2)22-11-9-12-23(19(3)4)26(22)28-15-16-29(17-28)27-24(20(5)6)13-10-14-25(27)21(7)8;1-7-5-3-2-4-6-7;;;/h9-14,18-21H,15-16H2,1-8H3;1-6H;2*1H;/q;;;;+2/p-2. The molecule has 0 bridgehead atoms. The summed E-state index contributed by atoms with van der Waals surface area (Å²) in [6, 6.07) is 23.9. The van der Waals surface area contributed by atoms with Gasteiger partial charge in [0, 0.05) is 0 Å². The van der Waals surface area contributed by atoms with Crippen molar-refractivity contribution in [1.29, 1.82) is 0 Å². The molecule has 5 heteroatoms. The van der Waals surface area contributed by atoms with Crippen molar-refractivity contribution in [3.05, 3.63) is 94.5 Å². The van der Waals surface area contributed by atoms with Crippen LogP contribution in [0.3, 0.4) is 0 Å². The fourth-order valence-electron chi connectivity index (χ4n) is 5.54. The van der Waals surface area contributed by atoms with Crippen LogP contribution in [-0.2, 0) is 11.9 Å². The van der Waals surface area contributed by atoms with Gasteiger partial charge in [-0.1, -0.05) is 0 Å². The monoisotopic (exact) mass is 652 g/mol. The molecule has 0 radical (unpaired) electrons. The Balaban J connectivity index is 2.11. The molecule has 3 aromatic carbocycles. The van der Waals surface area contributed by atoms with Gasteiger partial charge >= 0.3 is 248 Å². The number of para-hydroxylation sites is 2. The van der Waals surface area contributed by atoms with Gasteiger partial charge in [-0.2, -0.15) is 0 Å². The second kappa shape index (κ2) is 12.4. The molecular weight excluding hydrogens is 608 g/mol. The third kappa shape index (κ3) is 6.27. The molecule has 1 saturated heterocycles. The first kappa shape index (κ1) is 30.2. The fraction of sp³-hybridized carbons (Fsp3) is 0.412. The summed E-state index contributed by atoms with van der Waals surface area (Å²) >= 11 is -3.57. The molecule has 0 saturated carbocycles. The zero-order chi connectivity index (χ0) is 28.5. The number of rotatable bonds is 7. The molecule has 1 heterocycles. The Labute approximate surface area is 246 Å². The van der Waals surface area contributed by atoms with Crippen LogP contribution < -0.4 is 9.80 Å². The number of hydrogen-bond acceptors (Lipinski definition) is 2. The summed E-state index contributed by atoms with van der Waals surface area (Å²) in [5.74, 6) is 1.52. The predicted molar refractivity (Wildman–Crippen MR) is 172 cm³/mol. The van der Waals surface area contributed by atoms with E-state index in [4.69, 9.17) is 19.4 Å². The van der Waals surface area contributed by atoms with Crippen molar-refractivity contribution >= 4 is 39.7 Å². The first-order valence-corrected chi connectivity index (χ1v) is 20.5. The second-order valence-corrected chi connectivity index (χ2v) is 20.9. The molecule has 1 fully saturated rings. The van der Waals surface area contributed by atoms with Crippen LogP contribution in [0.25, 0.3) is 0 Å². The molecule has 0 aliphatic carbocycles. The Kier molecular flexibility index (Phi) is 9.58. The molecule has 0 unspecified atom stereocenters. The van der Waals surface area contributed by atoms with E-state index >= 15 is 0 Å². The van der Waals surface area contributed by atoms with Crippen LogP contribution in [0.5, 0.6) is 0 Å². The van der Waals surface area contributed by atoms with Crippen LogP contribution in [-0.4, -0.2) is 22.1 Å². The summed E-state index contributed by atoms with van der Waals surface area (Å²) in [6.07, 6.45) is 0. The third-order valence-electron chi connectivity index (χ3n) is 7.46. The molecule has 2 nitrogen and oxygen atoms in total. The van der Waals surface area contributed by atoms with E-state index in [-0.39, 0.29) is 0 Å². The van der Waals surface area contributed by atoms with Crippen LogP contribution in [0.15, 0.2) is 66.7 Å². The molecule has 0 aromatic heterocycles. The van der Waals surface area contributed by atoms with Gasteiger partial charge in [0.1, 0.15) is 0 Å². The van der Waals surface area contributed by atoms with E-state index in [1.807, 2.05) is 6.07 Å². The summed E-state index contributed by atoms with van der Waals surface area (Å²) in [5.41, 5.74) is 9.07. The van der Waals surface area contributed by atoms with Crippen molar-refractivity contribution in [2.75, 3.05) is 22.9 Å². The topological polar surface area (TPSA) is 6.48 Å². The van der Waals surface area contributed by atoms with Crippen LogP contribution in [0, 0.1) is 0 Å². The fourth-order valence-corrected chi connectivity index (χ4v) is 11.6. The molecule has 0 atom stereocenters. The summed E-state index contributed by atoms with van der Waals surface area (Å²) in [7, 11) is 15.3. The Morgan fingerprint density at radius 2 is 0.923 bits per heavy atom. The molecule has 4 rings (SSSR count). The van der Waals surface area contributed by atoms with E-state index in [1.165, 1.54) is 33.6 Å². The quantitative estimate of drug-likeness (QED) is 0.235. The van der Waals surface area contributed by atoms with Crippen LogP contribution in [0.4, 0.5) is 11.4 Å². The van der Waals surface area contributed by atoms with Gasteiger partial charge in [0.2, 0.25) is 0 Å². The molecule has 0 spiro atoms. The minimum atomic E-state index is -3.57. The summed E-state index contributed by atoms with van der Waals surface area (Å²) in [5, 5.41) is 0. The van der Waals surface area contributed by atoms with Crippen molar-refractivity contribution < 1.29 is 11.9 Å². The number of benzene rings is 3.